The summed E-state index contributed by atoms with van der Waals surface area (Å²) < 4.78 is 5.74. The lowest BCUT2D eigenvalue weighted by Crippen LogP contribution is -2.73. The van der Waals surface area contributed by atoms with Crippen molar-refractivity contribution in [3.05, 3.63) is 155 Å². The van der Waals surface area contributed by atoms with Crippen molar-refractivity contribution in [1.82, 2.24) is 20.2 Å². The van der Waals surface area contributed by atoms with Gasteiger partial charge in [0.25, 0.3) is 11.8 Å². The van der Waals surface area contributed by atoms with Crippen LogP contribution in [0.4, 0.5) is 5.13 Å². The van der Waals surface area contributed by atoms with Crippen LogP contribution < -0.4 is 10.6 Å². The van der Waals surface area contributed by atoms with E-state index in [1.807, 2.05) is 60.7 Å². The van der Waals surface area contributed by atoms with Crippen LogP contribution in [0.2, 0.25) is 0 Å². The number of pyridine rings is 1. The SMILES string of the molecule is CON=C(C(=O)NC1C(=O)N2C(C(=O)OC(C)(C)C)=C(c3cccnc3)SCC12)c1csc(NC(c2ccccc2)(c2ccccc2)c2ccccc2)n1. The average Bonchev–Trinajstić information content (AvgIpc) is 3.66. The molecule has 54 heavy (non-hydrogen) atoms. The molecule has 13 heteroatoms. The molecule has 3 aromatic carbocycles. The first-order valence-corrected chi connectivity index (χ1v) is 19.1. The lowest BCUT2D eigenvalue weighted by atomic mass is 9.77. The number of thiazole rings is 1. The van der Waals surface area contributed by atoms with Gasteiger partial charge in [-0.2, -0.15) is 0 Å². The molecular formula is C41H38N6O5S2. The molecule has 0 radical (unpaired) electrons. The van der Waals surface area contributed by atoms with Crippen molar-refractivity contribution in [3.63, 3.8) is 0 Å². The Morgan fingerprint density at radius 3 is 2.04 bits per heavy atom. The zero-order chi connectivity index (χ0) is 37.9. The summed E-state index contributed by atoms with van der Waals surface area (Å²) in [7, 11) is 1.34. The van der Waals surface area contributed by atoms with Gasteiger partial charge in [-0.15, -0.1) is 23.1 Å². The molecule has 1 saturated heterocycles. The quantitative estimate of drug-likeness (QED) is 0.0513. The number of hydrogen-bond donors (Lipinski definition) is 2. The molecule has 2 amide bonds. The molecule has 0 bridgehead atoms. The first-order valence-electron chi connectivity index (χ1n) is 17.3. The third kappa shape index (κ3) is 7.12. The molecule has 4 heterocycles. The highest BCUT2D eigenvalue weighted by Crippen LogP contribution is 2.44. The monoisotopic (exact) mass is 758 g/mol. The molecule has 2 atom stereocenters. The van der Waals surface area contributed by atoms with Gasteiger partial charge in [-0.05, 0) is 43.5 Å². The summed E-state index contributed by atoms with van der Waals surface area (Å²) in [6.45, 7) is 5.31. The van der Waals surface area contributed by atoms with E-state index in [4.69, 9.17) is 14.6 Å². The smallest absolute Gasteiger partial charge is 0.356 e. The van der Waals surface area contributed by atoms with Crippen LogP contribution in [0.3, 0.4) is 0 Å². The van der Waals surface area contributed by atoms with E-state index >= 15 is 0 Å². The molecule has 2 N–H and O–H groups in total. The molecule has 7 rings (SSSR count). The summed E-state index contributed by atoms with van der Waals surface area (Å²) in [5.41, 5.74) is 2.34. The number of fused-ring (bicyclic) bond motifs is 1. The third-order valence-corrected chi connectivity index (χ3v) is 10.9. The maximum Gasteiger partial charge on any atom is 0.356 e. The first-order chi connectivity index (χ1) is 26.1. The molecule has 2 aliphatic rings. The fourth-order valence-electron chi connectivity index (χ4n) is 6.62. The maximum atomic E-state index is 13.9. The topological polar surface area (TPSA) is 135 Å². The van der Waals surface area contributed by atoms with E-state index in [1.165, 1.54) is 35.1 Å². The maximum absolute atomic E-state index is 13.9. The number of rotatable bonds is 11. The fourth-order valence-corrected chi connectivity index (χ4v) is 8.65. The Bertz CT molecular complexity index is 2110. The Morgan fingerprint density at radius 2 is 1.50 bits per heavy atom. The summed E-state index contributed by atoms with van der Waals surface area (Å²) in [4.78, 5) is 57.5. The molecule has 0 saturated carbocycles. The van der Waals surface area contributed by atoms with Crippen molar-refractivity contribution in [2.45, 2.75) is 44.0 Å². The van der Waals surface area contributed by atoms with E-state index in [0.29, 0.717) is 21.4 Å². The van der Waals surface area contributed by atoms with Gasteiger partial charge in [-0.3, -0.25) is 19.5 Å². The van der Waals surface area contributed by atoms with E-state index in [-0.39, 0.29) is 17.1 Å². The van der Waals surface area contributed by atoms with Crippen molar-refractivity contribution >= 4 is 56.6 Å². The van der Waals surface area contributed by atoms with E-state index in [0.717, 1.165) is 16.7 Å². The number of anilines is 1. The molecule has 1 fully saturated rings. The number of nitrogens with zero attached hydrogens (tertiary/aromatic N) is 4. The van der Waals surface area contributed by atoms with Crippen LogP contribution >= 0.6 is 23.1 Å². The second-order valence-electron chi connectivity index (χ2n) is 13.6. The Morgan fingerprint density at radius 1 is 0.889 bits per heavy atom. The molecule has 11 nitrogen and oxygen atoms in total. The highest BCUT2D eigenvalue weighted by atomic mass is 32.2. The first kappa shape index (κ1) is 36.6. The van der Waals surface area contributed by atoms with Crippen molar-refractivity contribution in [2.24, 2.45) is 5.16 Å². The number of carbonyl (C=O) groups excluding carboxylic acids is 3. The third-order valence-electron chi connectivity index (χ3n) is 8.94. The van der Waals surface area contributed by atoms with Gasteiger partial charge in [0.2, 0.25) is 0 Å². The van der Waals surface area contributed by atoms with Crippen LogP contribution in [0.5, 0.6) is 0 Å². The number of carbonyl (C=O) groups is 3. The number of amides is 2. The van der Waals surface area contributed by atoms with E-state index in [9.17, 15) is 14.4 Å². The molecule has 5 aromatic rings. The lowest BCUT2D eigenvalue weighted by molar-refractivity contribution is -0.160. The molecule has 2 unspecified atom stereocenters. The number of β-lactam (4-membered cyclic amide) rings is 1. The van der Waals surface area contributed by atoms with Crippen molar-refractivity contribution in [3.8, 4) is 0 Å². The summed E-state index contributed by atoms with van der Waals surface area (Å²) in [6.07, 6.45) is 3.28. The van der Waals surface area contributed by atoms with Gasteiger partial charge in [0, 0.05) is 34.0 Å². The van der Waals surface area contributed by atoms with Gasteiger partial charge in [0.05, 0.1) is 6.04 Å². The van der Waals surface area contributed by atoms with Gasteiger partial charge < -0.3 is 20.2 Å². The Kier molecular flexibility index (Phi) is 10.3. The van der Waals surface area contributed by atoms with Crippen LogP contribution in [-0.2, 0) is 29.5 Å². The van der Waals surface area contributed by atoms with Gasteiger partial charge in [-0.25, -0.2) is 9.78 Å². The Labute approximate surface area is 321 Å². The summed E-state index contributed by atoms with van der Waals surface area (Å²) in [6, 6.07) is 32.5. The van der Waals surface area contributed by atoms with E-state index < -0.39 is 41.0 Å². The van der Waals surface area contributed by atoms with Crippen LogP contribution in [0.1, 0.15) is 48.7 Å². The van der Waals surface area contributed by atoms with Crippen LogP contribution in [-0.4, -0.2) is 68.9 Å². The molecule has 0 spiro atoms. The van der Waals surface area contributed by atoms with Gasteiger partial charge in [0.15, 0.2) is 10.8 Å². The predicted molar refractivity (Wildman–Crippen MR) is 211 cm³/mol. The minimum absolute atomic E-state index is 0.0970. The highest BCUT2D eigenvalue weighted by molar-refractivity contribution is 8.08. The highest BCUT2D eigenvalue weighted by Gasteiger charge is 2.55. The largest absolute Gasteiger partial charge is 0.455 e. The summed E-state index contributed by atoms with van der Waals surface area (Å²) >= 11 is 2.73. The zero-order valence-electron chi connectivity index (χ0n) is 30.1. The minimum Gasteiger partial charge on any atom is -0.455 e. The average molecular weight is 759 g/mol. The number of oxime groups is 1. The van der Waals surface area contributed by atoms with Crippen LogP contribution in [0.15, 0.2) is 132 Å². The summed E-state index contributed by atoms with van der Waals surface area (Å²) in [5.74, 6) is -1.28. The number of thioether (sulfide) groups is 1. The molecular weight excluding hydrogens is 721 g/mol. The normalized spacial score (nSPS) is 17.3. The number of nitrogens with one attached hydrogen (secondary N) is 2. The number of aromatic nitrogens is 2. The van der Waals surface area contributed by atoms with Crippen LogP contribution in [0.25, 0.3) is 4.91 Å². The lowest BCUT2D eigenvalue weighted by Gasteiger charge is -2.50. The summed E-state index contributed by atoms with van der Waals surface area (Å²) in [5, 5.41) is 12.9. The minimum atomic E-state index is -0.918. The number of ether oxygens (including phenoxy) is 1. The van der Waals surface area contributed by atoms with Gasteiger partial charge in [-0.1, -0.05) is 102 Å². The second kappa shape index (κ2) is 15.3. The Balaban J connectivity index is 1.17. The molecule has 2 aliphatic heterocycles. The van der Waals surface area contributed by atoms with E-state index in [2.05, 4.69) is 57.2 Å². The molecule has 2 aromatic heterocycles. The number of benzene rings is 3. The molecule has 0 aliphatic carbocycles. The standard InChI is InChI=1S/C41H38N6O5S2/c1-40(2,3)52-38(50)34-35(26-15-14-22-42-23-26)53-25-31-33(37(49)47(31)34)44-36(48)32(46-51-4)30-24-54-39(43-30)45-41(27-16-8-5-9-17-27,28-18-10-6-11-19-28)29-20-12-7-13-21-29/h5-24,31,33H,25H2,1-4H3,(H,43,45)(H,44,48). The van der Waals surface area contributed by atoms with Gasteiger partial charge >= 0.3 is 5.97 Å². The number of hydrogen-bond acceptors (Lipinski definition) is 11. The fraction of sp³-hybridized carbons (Fsp3) is 0.220. The van der Waals surface area contributed by atoms with Crippen molar-refractivity contribution in [2.75, 3.05) is 18.2 Å². The van der Waals surface area contributed by atoms with E-state index in [1.54, 1.807) is 44.6 Å². The number of esters is 1. The zero-order valence-corrected chi connectivity index (χ0v) is 31.7. The molecule has 274 valence electrons. The second-order valence-corrected chi connectivity index (χ2v) is 15.5. The Hall–Kier alpha value is -5.79. The van der Waals surface area contributed by atoms with Crippen LogP contribution in [0, 0.1) is 0 Å². The van der Waals surface area contributed by atoms with Gasteiger partial charge in [0.1, 0.15) is 35.7 Å². The van der Waals surface area contributed by atoms with Crippen molar-refractivity contribution in [1.29, 1.82) is 0 Å². The van der Waals surface area contributed by atoms with Crippen molar-refractivity contribution < 1.29 is 24.0 Å². The predicted octanol–water partition coefficient (Wildman–Crippen LogP) is 6.45.